The molecule has 0 aromatic heterocycles. The number of hydrogen-bond donors (Lipinski definition) is 3. The molecule has 2 aliphatic heterocycles. The number of phenols is 1. The minimum absolute atomic E-state index is 0.0906. The minimum atomic E-state index is -0.199. The lowest BCUT2D eigenvalue weighted by molar-refractivity contribution is -0.124. The first-order chi connectivity index (χ1) is 12.4. The number of likely N-dealkylation sites (tertiary alicyclic amines) is 1. The zero-order valence-corrected chi connectivity index (χ0v) is 16.3. The summed E-state index contributed by atoms with van der Waals surface area (Å²) in [6.07, 6.45) is 3.19. The number of carbonyl (C=O) groups excluding carboxylic acids is 1. The highest BCUT2D eigenvalue weighted by Crippen LogP contribution is 2.22. The van der Waals surface area contributed by atoms with Crippen LogP contribution >= 0.6 is 0 Å². The standard InChI is InChI=1S/C21H33N3O2/c1-14(2)20(13-24-8-6-15(3)7-9-24)23-21(26)19-11-16-4-5-18(25)10-17(16)12-22-19/h4-5,10,14-15,19-20,22,25H,6-9,11-13H2,1-3H3,(H,23,26)/t19-,20+/m0/s1. The van der Waals surface area contributed by atoms with Crippen LogP contribution in [-0.2, 0) is 17.8 Å². The highest BCUT2D eigenvalue weighted by Gasteiger charge is 2.28. The van der Waals surface area contributed by atoms with Crippen LogP contribution in [0, 0.1) is 11.8 Å². The molecule has 5 heteroatoms. The molecule has 1 amide bonds. The molecule has 5 nitrogen and oxygen atoms in total. The van der Waals surface area contributed by atoms with Gasteiger partial charge in [-0.05, 0) is 67.4 Å². The molecule has 3 N–H and O–H groups in total. The van der Waals surface area contributed by atoms with Crippen LogP contribution in [0.1, 0.15) is 44.7 Å². The van der Waals surface area contributed by atoms with Gasteiger partial charge >= 0.3 is 0 Å². The first-order valence-electron chi connectivity index (χ1n) is 9.99. The second-order valence-electron chi connectivity index (χ2n) is 8.43. The van der Waals surface area contributed by atoms with Crippen LogP contribution in [0.5, 0.6) is 5.75 Å². The van der Waals surface area contributed by atoms with E-state index in [1.54, 1.807) is 12.1 Å². The van der Waals surface area contributed by atoms with Crippen molar-refractivity contribution >= 4 is 5.91 Å². The number of aromatic hydroxyl groups is 1. The van der Waals surface area contributed by atoms with E-state index in [4.69, 9.17) is 0 Å². The number of rotatable bonds is 5. The molecule has 0 radical (unpaired) electrons. The number of hydrogen-bond acceptors (Lipinski definition) is 4. The van der Waals surface area contributed by atoms with E-state index in [1.165, 1.54) is 12.8 Å². The molecule has 0 spiro atoms. The Bertz CT molecular complexity index is 624. The maximum absolute atomic E-state index is 12.8. The van der Waals surface area contributed by atoms with Crippen molar-refractivity contribution in [2.24, 2.45) is 11.8 Å². The number of amides is 1. The van der Waals surface area contributed by atoms with Crippen molar-refractivity contribution in [2.75, 3.05) is 19.6 Å². The van der Waals surface area contributed by atoms with Gasteiger partial charge in [0.25, 0.3) is 0 Å². The third-order valence-electron chi connectivity index (χ3n) is 5.93. The van der Waals surface area contributed by atoms with Crippen molar-refractivity contribution in [3.63, 3.8) is 0 Å². The number of nitrogens with zero attached hydrogens (tertiary/aromatic N) is 1. The molecule has 1 aromatic carbocycles. The highest BCUT2D eigenvalue weighted by molar-refractivity contribution is 5.82. The predicted octanol–water partition coefficient (Wildman–Crippen LogP) is 2.28. The van der Waals surface area contributed by atoms with Crippen LogP contribution in [0.25, 0.3) is 0 Å². The predicted molar refractivity (Wildman–Crippen MR) is 104 cm³/mol. The summed E-state index contributed by atoms with van der Waals surface area (Å²) in [6.45, 7) is 10.5. The van der Waals surface area contributed by atoms with E-state index in [0.29, 0.717) is 18.9 Å². The van der Waals surface area contributed by atoms with Gasteiger partial charge in [0.1, 0.15) is 5.75 Å². The molecular weight excluding hydrogens is 326 g/mol. The van der Waals surface area contributed by atoms with Crippen molar-refractivity contribution in [2.45, 2.75) is 58.7 Å². The average molecular weight is 360 g/mol. The second kappa shape index (κ2) is 8.40. The number of fused-ring (bicyclic) bond motifs is 1. The molecule has 1 aromatic rings. The lowest BCUT2D eigenvalue weighted by Gasteiger charge is -2.35. The normalized spacial score (nSPS) is 22.8. The van der Waals surface area contributed by atoms with Gasteiger partial charge in [0.2, 0.25) is 5.91 Å². The third kappa shape index (κ3) is 4.77. The maximum atomic E-state index is 12.8. The van der Waals surface area contributed by atoms with Gasteiger partial charge in [-0.25, -0.2) is 0 Å². The smallest absolute Gasteiger partial charge is 0.237 e. The summed E-state index contributed by atoms with van der Waals surface area (Å²) in [5.41, 5.74) is 2.23. The van der Waals surface area contributed by atoms with Crippen LogP contribution in [0.4, 0.5) is 0 Å². The zero-order chi connectivity index (χ0) is 18.7. The average Bonchev–Trinajstić information content (AvgIpc) is 2.62. The van der Waals surface area contributed by atoms with Gasteiger partial charge in [-0.2, -0.15) is 0 Å². The Labute approximate surface area is 157 Å². The lowest BCUT2D eigenvalue weighted by atomic mass is 9.94. The molecular formula is C21H33N3O2. The summed E-state index contributed by atoms with van der Waals surface area (Å²) >= 11 is 0. The van der Waals surface area contributed by atoms with Gasteiger partial charge < -0.3 is 20.6 Å². The van der Waals surface area contributed by atoms with Crippen molar-refractivity contribution in [3.8, 4) is 5.75 Å². The van der Waals surface area contributed by atoms with Gasteiger partial charge in [-0.15, -0.1) is 0 Å². The molecule has 2 heterocycles. The highest BCUT2D eigenvalue weighted by atomic mass is 16.3. The fraction of sp³-hybridized carbons (Fsp3) is 0.667. The first kappa shape index (κ1) is 19.2. The largest absolute Gasteiger partial charge is 0.508 e. The molecule has 0 saturated carbocycles. The van der Waals surface area contributed by atoms with E-state index in [1.807, 2.05) is 6.07 Å². The summed E-state index contributed by atoms with van der Waals surface area (Å²) in [4.78, 5) is 15.3. The van der Waals surface area contributed by atoms with Crippen LogP contribution in [-0.4, -0.2) is 47.6 Å². The van der Waals surface area contributed by atoms with E-state index >= 15 is 0 Å². The van der Waals surface area contributed by atoms with E-state index in [-0.39, 0.29) is 23.7 Å². The van der Waals surface area contributed by atoms with E-state index in [0.717, 1.165) is 36.7 Å². The Morgan fingerprint density at radius 2 is 2.04 bits per heavy atom. The van der Waals surface area contributed by atoms with E-state index < -0.39 is 0 Å². The molecule has 2 atom stereocenters. The van der Waals surface area contributed by atoms with Gasteiger partial charge in [-0.3, -0.25) is 4.79 Å². The molecule has 1 fully saturated rings. The quantitative estimate of drug-likeness (QED) is 0.755. The first-order valence-corrected chi connectivity index (χ1v) is 9.99. The second-order valence-corrected chi connectivity index (χ2v) is 8.43. The lowest BCUT2D eigenvalue weighted by Crippen LogP contribution is -2.54. The Hall–Kier alpha value is -1.59. The molecule has 144 valence electrons. The van der Waals surface area contributed by atoms with Crippen molar-refractivity contribution in [1.82, 2.24) is 15.5 Å². The molecule has 0 unspecified atom stereocenters. The van der Waals surface area contributed by atoms with Crippen LogP contribution in [0.2, 0.25) is 0 Å². The van der Waals surface area contributed by atoms with Gasteiger partial charge in [-0.1, -0.05) is 26.8 Å². The monoisotopic (exact) mass is 359 g/mol. The summed E-state index contributed by atoms with van der Waals surface area (Å²) in [6, 6.07) is 5.40. The Kier molecular flexibility index (Phi) is 6.20. The Balaban J connectivity index is 1.57. The van der Waals surface area contributed by atoms with Gasteiger partial charge in [0.05, 0.1) is 6.04 Å². The fourth-order valence-corrected chi connectivity index (χ4v) is 3.92. The number of phenolic OH excluding ortho intramolecular Hbond substituents is 1. The molecule has 0 bridgehead atoms. The molecule has 0 aliphatic carbocycles. The maximum Gasteiger partial charge on any atom is 0.237 e. The summed E-state index contributed by atoms with van der Waals surface area (Å²) < 4.78 is 0. The summed E-state index contributed by atoms with van der Waals surface area (Å²) in [5.74, 6) is 1.60. The Morgan fingerprint density at radius 3 is 2.73 bits per heavy atom. The van der Waals surface area contributed by atoms with Crippen LogP contribution in [0.15, 0.2) is 18.2 Å². The molecule has 26 heavy (non-hydrogen) atoms. The number of piperidine rings is 1. The summed E-state index contributed by atoms with van der Waals surface area (Å²) in [5, 5.41) is 16.2. The summed E-state index contributed by atoms with van der Waals surface area (Å²) in [7, 11) is 0. The number of carbonyl (C=O) groups is 1. The van der Waals surface area contributed by atoms with E-state index in [2.05, 4.69) is 36.3 Å². The van der Waals surface area contributed by atoms with E-state index in [9.17, 15) is 9.90 Å². The topological polar surface area (TPSA) is 64.6 Å². The van der Waals surface area contributed by atoms with Crippen LogP contribution in [0.3, 0.4) is 0 Å². The third-order valence-corrected chi connectivity index (χ3v) is 5.93. The SMILES string of the molecule is CC1CCN(C[C@@H](NC(=O)[C@@H]2Cc3ccc(O)cc3CN2)C(C)C)CC1. The number of nitrogens with one attached hydrogen (secondary N) is 2. The Morgan fingerprint density at radius 1 is 1.31 bits per heavy atom. The molecule has 2 aliphatic rings. The molecule has 1 saturated heterocycles. The fourth-order valence-electron chi connectivity index (χ4n) is 3.92. The number of benzene rings is 1. The van der Waals surface area contributed by atoms with Gasteiger partial charge in [0.15, 0.2) is 0 Å². The zero-order valence-electron chi connectivity index (χ0n) is 16.3. The van der Waals surface area contributed by atoms with Crippen molar-refractivity contribution in [3.05, 3.63) is 29.3 Å². The van der Waals surface area contributed by atoms with Crippen LogP contribution < -0.4 is 10.6 Å². The minimum Gasteiger partial charge on any atom is -0.508 e. The van der Waals surface area contributed by atoms with Crippen molar-refractivity contribution in [1.29, 1.82) is 0 Å². The van der Waals surface area contributed by atoms with Crippen molar-refractivity contribution < 1.29 is 9.90 Å². The van der Waals surface area contributed by atoms with Gasteiger partial charge in [0, 0.05) is 19.1 Å². The molecule has 3 rings (SSSR count).